The Morgan fingerprint density at radius 3 is 2.76 bits per heavy atom. The number of imide groups is 1. The van der Waals surface area contributed by atoms with Crippen molar-refractivity contribution < 1.29 is 19.1 Å². The van der Waals surface area contributed by atoms with Crippen LogP contribution in [0.4, 0.5) is 0 Å². The molecule has 2 aliphatic rings. The molecule has 3 rings (SSSR count). The molecule has 6 nitrogen and oxygen atoms in total. The van der Waals surface area contributed by atoms with Gasteiger partial charge in [0.25, 0.3) is 5.91 Å². The van der Waals surface area contributed by atoms with Gasteiger partial charge in [-0.3, -0.25) is 19.7 Å². The van der Waals surface area contributed by atoms with Crippen LogP contribution in [0, 0.1) is 0 Å². The van der Waals surface area contributed by atoms with E-state index in [0.29, 0.717) is 28.8 Å². The van der Waals surface area contributed by atoms with E-state index in [0.717, 1.165) is 5.56 Å². The van der Waals surface area contributed by atoms with Gasteiger partial charge in [-0.05, 0) is 40.0 Å². The first kappa shape index (κ1) is 14.1. The number of amides is 3. The molecule has 1 fully saturated rings. The third-order valence-electron chi connectivity index (χ3n) is 3.78. The minimum Gasteiger partial charge on any atom is -0.497 e. The smallest absolute Gasteiger partial charge is 0.256 e. The van der Waals surface area contributed by atoms with Crippen molar-refractivity contribution in [2.75, 3.05) is 7.11 Å². The highest BCUT2D eigenvalue weighted by Gasteiger charge is 2.40. The molecule has 0 saturated carbocycles. The summed E-state index contributed by atoms with van der Waals surface area (Å²) in [4.78, 5) is 37.2. The first-order valence-corrected chi connectivity index (χ1v) is 7.31. The minimum atomic E-state index is -0.597. The second-order valence-corrected chi connectivity index (χ2v) is 5.90. The highest BCUT2D eigenvalue weighted by Crippen LogP contribution is 2.35. The molecule has 2 aliphatic heterocycles. The molecule has 0 aliphatic carbocycles. The van der Waals surface area contributed by atoms with Crippen molar-refractivity contribution in [2.24, 2.45) is 0 Å². The highest BCUT2D eigenvalue weighted by atomic mass is 79.9. The van der Waals surface area contributed by atoms with Crippen LogP contribution in [0.3, 0.4) is 0 Å². The molecule has 1 unspecified atom stereocenters. The zero-order valence-corrected chi connectivity index (χ0v) is 12.9. The Balaban J connectivity index is 1.92. The molecule has 21 heavy (non-hydrogen) atoms. The summed E-state index contributed by atoms with van der Waals surface area (Å²) in [5, 5.41) is 2.28. The summed E-state index contributed by atoms with van der Waals surface area (Å²) in [7, 11) is 1.56. The molecule has 1 aromatic carbocycles. The lowest BCUT2D eigenvalue weighted by Crippen LogP contribution is -2.52. The largest absolute Gasteiger partial charge is 0.497 e. The maximum absolute atomic E-state index is 12.5. The zero-order chi connectivity index (χ0) is 15.1. The molecule has 1 N–H and O–H groups in total. The van der Waals surface area contributed by atoms with E-state index in [-0.39, 0.29) is 18.2 Å². The molecule has 0 radical (unpaired) electrons. The fourth-order valence-corrected chi connectivity index (χ4v) is 3.40. The first-order chi connectivity index (χ1) is 10.0. The monoisotopic (exact) mass is 352 g/mol. The van der Waals surface area contributed by atoms with Crippen molar-refractivity contribution in [1.29, 1.82) is 0 Å². The lowest BCUT2D eigenvalue weighted by Gasteiger charge is -2.29. The fraction of sp³-hybridized carbons (Fsp3) is 0.357. The number of piperidine rings is 1. The second-order valence-electron chi connectivity index (χ2n) is 5.04. The van der Waals surface area contributed by atoms with E-state index in [9.17, 15) is 14.4 Å². The average Bonchev–Trinajstić information content (AvgIpc) is 2.76. The Bertz CT molecular complexity index is 659. The molecule has 110 valence electrons. The number of nitrogens with zero attached hydrogens (tertiary/aromatic N) is 1. The van der Waals surface area contributed by atoms with Crippen molar-refractivity contribution in [3.05, 3.63) is 27.7 Å². The summed E-state index contributed by atoms with van der Waals surface area (Å²) in [6.07, 6.45) is 0.611. The van der Waals surface area contributed by atoms with Crippen molar-refractivity contribution in [3.63, 3.8) is 0 Å². The molecule has 2 heterocycles. The van der Waals surface area contributed by atoms with E-state index in [1.165, 1.54) is 4.90 Å². The molecule has 3 amide bonds. The number of fused-ring (bicyclic) bond motifs is 1. The van der Waals surface area contributed by atoms with Crippen LogP contribution in [0.1, 0.15) is 28.8 Å². The second kappa shape index (κ2) is 5.14. The quantitative estimate of drug-likeness (QED) is 0.812. The average molecular weight is 353 g/mol. The van der Waals surface area contributed by atoms with E-state index in [1.807, 2.05) is 0 Å². The van der Waals surface area contributed by atoms with Gasteiger partial charge < -0.3 is 9.64 Å². The number of ether oxygens (including phenoxy) is 1. The number of benzene rings is 1. The van der Waals surface area contributed by atoms with Gasteiger partial charge in [-0.15, -0.1) is 0 Å². The van der Waals surface area contributed by atoms with Crippen LogP contribution in [0.15, 0.2) is 16.6 Å². The highest BCUT2D eigenvalue weighted by molar-refractivity contribution is 9.10. The lowest BCUT2D eigenvalue weighted by molar-refractivity contribution is -0.136. The van der Waals surface area contributed by atoms with Gasteiger partial charge in [0.15, 0.2) is 0 Å². The van der Waals surface area contributed by atoms with Gasteiger partial charge in [-0.2, -0.15) is 0 Å². The van der Waals surface area contributed by atoms with Gasteiger partial charge in [0.2, 0.25) is 11.8 Å². The molecule has 0 spiro atoms. The van der Waals surface area contributed by atoms with Crippen LogP contribution in [0.25, 0.3) is 0 Å². The number of rotatable bonds is 2. The van der Waals surface area contributed by atoms with E-state index >= 15 is 0 Å². The molecule has 7 heteroatoms. The van der Waals surface area contributed by atoms with Gasteiger partial charge in [0.05, 0.1) is 12.7 Å². The number of carbonyl (C=O) groups excluding carboxylic acids is 3. The normalized spacial score (nSPS) is 21.3. The zero-order valence-electron chi connectivity index (χ0n) is 11.3. The predicted molar refractivity (Wildman–Crippen MR) is 76.7 cm³/mol. The number of carbonyl (C=O) groups is 3. The predicted octanol–water partition coefficient (Wildman–Crippen LogP) is 1.22. The van der Waals surface area contributed by atoms with Crippen LogP contribution in [0.2, 0.25) is 0 Å². The number of hydrogen-bond donors (Lipinski definition) is 1. The van der Waals surface area contributed by atoms with Crippen LogP contribution < -0.4 is 10.1 Å². The van der Waals surface area contributed by atoms with E-state index in [2.05, 4.69) is 21.2 Å². The number of halogens is 1. The summed E-state index contributed by atoms with van der Waals surface area (Å²) >= 11 is 3.37. The van der Waals surface area contributed by atoms with Crippen LogP contribution >= 0.6 is 15.9 Å². The third-order valence-corrected chi connectivity index (χ3v) is 4.41. The van der Waals surface area contributed by atoms with Gasteiger partial charge >= 0.3 is 0 Å². The summed E-state index contributed by atoms with van der Waals surface area (Å²) in [6, 6.07) is 2.93. The molecule has 1 saturated heterocycles. The molecule has 1 atom stereocenters. The van der Waals surface area contributed by atoms with Crippen molar-refractivity contribution in [1.82, 2.24) is 10.2 Å². The van der Waals surface area contributed by atoms with Crippen molar-refractivity contribution in [2.45, 2.75) is 25.4 Å². The van der Waals surface area contributed by atoms with Crippen LogP contribution in [-0.2, 0) is 16.1 Å². The van der Waals surface area contributed by atoms with E-state index < -0.39 is 11.9 Å². The number of nitrogens with one attached hydrogen (secondary N) is 1. The molecule has 0 aromatic heterocycles. The summed E-state index contributed by atoms with van der Waals surface area (Å²) in [5.41, 5.74) is 1.37. The van der Waals surface area contributed by atoms with Crippen molar-refractivity contribution >= 4 is 33.7 Å². The standard InChI is InChI=1S/C14H13BrN2O4/c1-21-8-4-7-6-17(14(20)12(7)9(15)5-8)10-2-3-11(18)16-13(10)19/h4-5,10H,2-3,6H2,1H3,(H,16,18,19). The minimum absolute atomic E-state index is 0.200. The first-order valence-electron chi connectivity index (χ1n) is 6.52. The number of hydrogen-bond acceptors (Lipinski definition) is 4. The maximum atomic E-state index is 12.5. The van der Waals surface area contributed by atoms with E-state index in [1.54, 1.807) is 19.2 Å². The molecule has 1 aromatic rings. The topological polar surface area (TPSA) is 75.7 Å². The maximum Gasteiger partial charge on any atom is 0.256 e. The lowest BCUT2D eigenvalue weighted by atomic mass is 10.0. The van der Waals surface area contributed by atoms with Gasteiger partial charge in [-0.1, -0.05) is 0 Å². The molecule has 0 bridgehead atoms. The molecular formula is C14H13BrN2O4. The Hall–Kier alpha value is -1.89. The Kier molecular flexibility index (Phi) is 3.44. The van der Waals surface area contributed by atoms with Gasteiger partial charge in [0, 0.05) is 17.4 Å². The van der Waals surface area contributed by atoms with E-state index in [4.69, 9.17) is 4.74 Å². The van der Waals surface area contributed by atoms with Crippen LogP contribution in [-0.4, -0.2) is 35.8 Å². The Morgan fingerprint density at radius 2 is 2.10 bits per heavy atom. The molecular weight excluding hydrogens is 340 g/mol. The third kappa shape index (κ3) is 2.31. The number of methoxy groups -OCH3 is 1. The summed E-state index contributed by atoms with van der Waals surface area (Å²) in [5.74, 6) is -0.244. The van der Waals surface area contributed by atoms with Gasteiger partial charge in [-0.25, -0.2) is 0 Å². The fourth-order valence-electron chi connectivity index (χ4n) is 2.75. The summed E-state index contributed by atoms with van der Waals surface area (Å²) < 4.78 is 5.84. The Morgan fingerprint density at radius 1 is 1.33 bits per heavy atom. The SMILES string of the molecule is COc1cc(Br)c2c(c1)CN(C1CCC(=O)NC1=O)C2=O. The summed E-state index contributed by atoms with van der Waals surface area (Å²) in [6.45, 7) is 0.343. The van der Waals surface area contributed by atoms with Crippen molar-refractivity contribution in [3.8, 4) is 5.75 Å². The van der Waals surface area contributed by atoms with Crippen LogP contribution in [0.5, 0.6) is 5.75 Å². The Labute approximate surface area is 129 Å². The van der Waals surface area contributed by atoms with Gasteiger partial charge in [0.1, 0.15) is 11.8 Å².